The van der Waals surface area contributed by atoms with Crippen molar-refractivity contribution in [3.8, 4) is 22.9 Å². The third-order valence-corrected chi connectivity index (χ3v) is 5.77. The minimum Gasteiger partial charge on any atom is -0.497 e. The Morgan fingerprint density at radius 1 is 1.03 bits per heavy atom. The van der Waals surface area contributed by atoms with Crippen molar-refractivity contribution in [2.45, 2.75) is 13.0 Å². The number of aromatic nitrogens is 4. The minimum atomic E-state index is -0.610. The van der Waals surface area contributed by atoms with E-state index >= 15 is 0 Å². The monoisotopic (exact) mass is 468 g/mol. The Kier molecular flexibility index (Phi) is 5.88. The van der Waals surface area contributed by atoms with Gasteiger partial charge in [0.15, 0.2) is 5.82 Å². The van der Waals surface area contributed by atoms with E-state index in [1.807, 2.05) is 55.5 Å². The summed E-state index contributed by atoms with van der Waals surface area (Å²) in [5.74, 6) is 2.42. The second kappa shape index (κ2) is 9.30. The molecular formula is C26H24N6O3. The number of carbonyl (C=O) groups is 1. The molecule has 0 aliphatic carbocycles. The topological polar surface area (TPSA) is 103 Å². The van der Waals surface area contributed by atoms with Gasteiger partial charge in [-0.2, -0.15) is 4.98 Å². The molecule has 1 atom stereocenters. The van der Waals surface area contributed by atoms with Crippen LogP contribution >= 0.6 is 0 Å². The average Bonchev–Trinajstić information content (AvgIpc) is 3.32. The zero-order valence-electron chi connectivity index (χ0n) is 19.5. The van der Waals surface area contributed by atoms with Gasteiger partial charge in [-0.05, 0) is 31.2 Å². The molecule has 1 amide bonds. The average molecular weight is 469 g/mol. The van der Waals surface area contributed by atoms with Gasteiger partial charge in [0, 0.05) is 29.1 Å². The lowest BCUT2D eigenvalue weighted by molar-refractivity contribution is -0.113. The van der Waals surface area contributed by atoms with E-state index in [0.29, 0.717) is 40.4 Å². The van der Waals surface area contributed by atoms with Crippen molar-refractivity contribution in [2.75, 3.05) is 24.9 Å². The Balaban J connectivity index is 1.65. The lowest BCUT2D eigenvalue weighted by atomic mass is 9.94. The molecule has 3 heterocycles. The summed E-state index contributed by atoms with van der Waals surface area (Å²) in [5, 5.41) is 10.9. The standard InChI is InChI=1S/C26H24N6O3/c1-16-22(25(33)29-21-11-7-8-14-27-21)23(19-13-12-18(34-2)15-20(19)35-3)32-26(28-16)30-24(31-32)17-9-5-4-6-10-17/h4-15,23H,1-3H3,(H,27,29,33)(H,28,30,31). The van der Waals surface area contributed by atoms with Crippen molar-refractivity contribution in [2.24, 2.45) is 0 Å². The molecule has 1 aliphatic rings. The Labute approximate surface area is 202 Å². The summed E-state index contributed by atoms with van der Waals surface area (Å²) >= 11 is 0. The van der Waals surface area contributed by atoms with E-state index < -0.39 is 6.04 Å². The van der Waals surface area contributed by atoms with Crippen molar-refractivity contribution in [1.29, 1.82) is 0 Å². The molecule has 0 fully saturated rings. The molecule has 1 unspecified atom stereocenters. The molecule has 0 saturated heterocycles. The predicted molar refractivity (Wildman–Crippen MR) is 132 cm³/mol. The maximum absolute atomic E-state index is 13.6. The Bertz CT molecular complexity index is 1400. The van der Waals surface area contributed by atoms with E-state index in [2.05, 4.69) is 15.6 Å². The predicted octanol–water partition coefficient (Wildman–Crippen LogP) is 4.28. The molecule has 9 nitrogen and oxygen atoms in total. The van der Waals surface area contributed by atoms with Crippen LogP contribution in [0.25, 0.3) is 11.4 Å². The number of rotatable bonds is 6. The number of hydrogen-bond acceptors (Lipinski definition) is 7. The van der Waals surface area contributed by atoms with E-state index in [-0.39, 0.29) is 5.91 Å². The minimum absolute atomic E-state index is 0.306. The molecule has 9 heteroatoms. The van der Waals surface area contributed by atoms with Crippen LogP contribution in [-0.4, -0.2) is 39.9 Å². The summed E-state index contributed by atoms with van der Waals surface area (Å²) in [6, 6.07) is 19.9. The van der Waals surface area contributed by atoms with Crippen LogP contribution in [0.1, 0.15) is 18.5 Å². The third-order valence-electron chi connectivity index (χ3n) is 5.77. The number of nitrogens with one attached hydrogen (secondary N) is 2. The molecule has 4 aromatic rings. The van der Waals surface area contributed by atoms with E-state index in [1.165, 1.54) is 0 Å². The van der Waals surface area contributed by atoms with Crippen LogP contribution in [0.3, 0.4) is 0 Å². The summed E-state index contributed by atoms with van der Waals surface area (Å²) in [6.45, 7) is 1.84. The third kappa shape index (κ3) is 4.19. The fourth-order valence-corrected chi connectivity index (χ4v) is 4.11. The molecule has 35 heavy (non-hydrogen) atoms. The number of hydrogen-bond donors (Lipinski definition) is 2. The van der Waals surface area contributed by atoms with Crippen molar-refractivity contribution in [3.05, 3.63) is 89.8 Å². The highest BCUT2D eigenvalue weighted by Gasteiger charge is 2.36. The molecule has 1 aliphatic heterocycles. The molecule has 2 N–H and O–H groups in total. The first-order chi connectivity index (χ1) is 17.1. The van der Waals surface area contributed by atoms with Gasteiger partial charge in [0.25, 0.3) is 5.91 Å². The van der Waals surface area contributed by atoms with Crippen molar-refractivity contribution >= 4 is 17.7 Å². The maximum atomic E-state index is 13.6. The zero-order valence-corrected chi connectivity index (χ0v) is 19.5. The quantitative estimate of drug-likeness (QED) is 0.435. The van der Waals surface area contributed by atoms with Crippen LogP contribution in [0.2, 0.25) is 0 Å². The number of carbonyl (C=O) groups excluding carboxylic acids is 1. The summed E-state index contributed by atoms with van der Waals surface area (Å²) < 4.78 is 12.8. The van der Waals surface area contributed by atoms with Crippen LogP contribution in [0.15, 0.2) is 84.2 Å². The lowest BCUT2D eigenvalue weighted by Gasteiger charge is -2.29. The first-order valence-electron chi connectivity index (χ1n) is 11.0. The number of allylic oxidation sites excluding steroid dienone is 1. The number of anilines is 2. The van der Waals surface area contributed by atoms with Crippen molar-refractivity contribution in [1.82, 2.24) is 19.7 Å². The fourth-order valence-electron chi connectivity index (χ4n) is 4.11. The normalized spacial score (nSPS) is 14.7. The van der Waals surface area contributed by atoms with Crippen LogP contribution in [-0.2, 0) is 4.79 Å². The largest absolute Gasteiger partial charge is 0.497 e. The van der Waals surface area contributed by atoms with Crippen LogP contribution in [0.5, 0.6) is 11.5 Å². The van der Waals surface area contributed by atoms with Crippen molar-refractivity contribution in [3.63, 3.8) is 0 Å². The fraction of sp³-hybridized carbons (Fsp3) is 0.154. The Morgan fingerprint density at radius 2 is 1.83 bits per heavy atom. The number of ether oxygens (including phenoxy) is 2. The van der Waals surface area contributed by atoms with E-state index in [1.54, 1.807) is 43.3 Å². The SMILES string of the molecule is COc1ccc(C2C(C(=O)Nc3ccccn3)=C(C)Nc3nc(-c4ccccc4)nn32)c(OC)c1. The number of methoxy groups -OCH3 is 2. The number of fused-ring (bicyclic) bond motifs is 1. The Hall–Kier alpha value is -4.66. The van der Waals surface area contributed by atoms with Gasteiger partial charge in [-0.15, -0.1) is 5.10 Å². The number of pyridine rings is 1. The molecule has 0 spiro atoms. The van der Waals surface area contributed by atoms with Crippen LogP contribution in [0.4, 0.5) is 11.8 Å². The number of nitrogens with zero attached hydrogens (tertiary/aromatic N) is 4. The molecule has 176 valence electrons. The molecule has 5 rings (SSSR count). The number of benzene rings is 2. The second-order valence-corrected chi connectivity index (χ2v) is 7.91. The summed E-state index contributed by atoms with van der Waals surface area (Å²) in [7, 11) is 3.18. The van der Waals surface area contributed by atoms with E-state index in [0.717, 1.165) is 11.1 Å². The molecule has 0 radical (unpaired) electrons. The lowest BCUT2D eigenvalue weighted by Crippen LogP contribution is -2.32. The molecule has 2 aromatic carbocycles. The highest BCUT2D eigenvalue weighted by molar-refractivity contribution is 6.05. The first-order valence-corrected chi connectivity index (χ1v) is 11.0. The van der Waals surface area contributed by atoms with Gasteiger partial charge in [-0.1, -0.05) is 36.4 Å². The Morgan fingerprint density at radius 3 is 2.54 bits per heavy atom. The highest BCUT2D eigenvalue weighted by atomic mass is 16.5. The van der Waals surface area contributed by atoms with E-state index in [9.17, 15) is 4.79 Å². The summed E-state index contributed by atoms with van der Waals surface area (Å²) in [4.78, 5) is 22.5. The van der Waals surface area contributed by atoms with Gasteiger partial charge in [0.05, 0.1) is 19.8 Å². The molecule has 2 aromatic heterocycles. The van der Waals surface area contributed by atoms with Crippen molar-refractivity contribution < 1.29 is 14.3 Å². The van der Waals surface area contributed by atoms with Gasteiger partial charge >= 0.3 is 0 Å². The summed E-state index contributed by atoms with van der Waals surface area (Å²) in [6.07, 6.45) is 1.63. The van der Waals surface area contributed by atoms with Crippen LogP contribution in [0, 0.1) is 0 Å². The maximum Gasteiger partial charge on any atom is 0.257 e. The van der Waals surface area contributed by atoms with Gasteiger partial charge in [-0.3, -0.25) is 4.79 Å². The number of amides is 1. The van der Waals surface area contributed by atoms with Gasteiger partial charge in [0.1, 0.15) is 23.4 Å². The molecule has 0 saturated carbocycles. The second-order valence-electron chi connectivity index (χ2n) is 7.91. The summed E-state index contributed by atoms with van der Waals surface area (Å²) in [5.41, 5.74) is 2.73. The van der Waals surface area contributed by atoms with E-state index in [4.69, 9.17) is 19.6 Å². The first kappa shape index (κ1) is 22.1. The smallest absolute Gasteiger partial charge is 0.257 e. The van der Waals surface area contributed by atoms with Gasteiger partial charge in [0.2, 0.25) is 5.95 Å². The molecular weight excluding hydrogens is 444 g/mol. The molecule has 0 bridgehead atoms. The van der Waals surface area contributed by atoms with Crippen LogP contribution < -0.4 is 20.1 Å². The zero-order chi connectivity index (χ0) is 24.4. The van der Waals surface area contributed by atoms with Gasteiger partial charge in [-0.25, -0.2) is 9.67 Å². The van der Waals surface area contributed by atoms with Gasteiger partial charge < -0.3 is 20.1 Å². The highest BCUT2D eigenvalue weighted by Crippen LogP contribution is 2.41.